The molecule has 0 aliphatic heterocycles. The minimum atomic E-state index is -4.31. The molecule has 0 aliphatic rings. The van der Waals surface area contributed by atoms with Gasteiger partial charge in [0.25, 0.3) is 10.0 Å². The van der Waals surface area contributed by atoms with Gasteiger partial charge in [-0.15, -0.1) is 0 Å². The summed E-state index contributed by atoms with van der Waals surface area (Å²) in [5.74, 6) is -0.195. The highest BCUT2D eigenvalue weighted by Crippen LogP contribution is 2.27. The maximum atomic E-state index is 14.0. The van der Waals surface area contributed by atoms with E-state index in [2.05, 4.69) is 5.32 Å². The molecule has 0 heterocycles. The highest BCUT2D eigenvalue weighted by molar-refractivity contribution is 7.92. The van der Waals surface area contributed by atoms with E-state index < -0.39 is 34.3 Å². The lowest BCUT2D eigenvalue weighted by Crippen LogP contribution is -2.51. The number of ether oxygens (including phenoxy) is 2. The van der Waals surface area contributed by atoms with Gasteiger partial charge in [0.05, 0.1) is 24.3 Å². The number of amides is 2. The Morgan fingerprint density at radius 1 is 0.905 bits per heavy atom. The van der Waals surface area contributed by atoms with Crippen LogP contribution < -0.4 is 19.1 Å². The third-order valence-corrected chi connectivity index (χ3v) is 8.27. The summed E-state index contributed by atoms with van der Waals surface area (Å²) < 4.78 is 53.0. The summed E-state index contributed by atoms with van der Waals surface area (Å²) in [6.45, 7) is 7.64. The Kier molecular flexibility index (Phi) is 11.3. The van der Waals surface area contributed by atoms with Crippen LogP contribution in [0.2, 0.25) is 0 Å². The fourth-order valence-corrected chi connectivity index (χ4v) is 5.51. The summed E-state index contributed by atoms with van der Waals surface area (Å²) in [6, 6.07) is 16.8. The van der Waals surface area contributed by atoms with Gasteiger partial charge in [0.2, 0.25) is 11.8 Å². The van der Waals surface area contributed by atoms with E-state index in [1.165, 1.54) is 17.0 Å². The monoisotopic (exact) mass is 599 g/mol. The molecular weight excluding hydrogens is 561 g/mol. The predicted molar refractivity (Wildman–Crippen MR) is 159 cm³/mol. The van der Waals surface area contributed by atoms with Crippen LogP contribution in [0, 0.1) is 11.7 Å². The van der Waals surface area contributed by atoms with Crippen LogP contribution in [-0.2, 0) is 26.2 Å². The molecule has 1 N–H and O–H groups in total. The molecule has 0 radical (unpaired) electrons. The highest BCUT2D eigenvalue weighted by atomic mass is 32.2. The van der Waals surface area contributed by atoms with E-state index >= 15 is 0 Å². The van der Waals surface area contributed by atoms with E-state index in [9.17, 15) is 22.4 Å². The Bertz CT molecular complexity index is 1430. The fourth-order valence-electron chi connectivity index (χ4n) is 4.10. The Hall–Kier alpha value is -4.12. The van der Waals surface area contributed by atoms with Crippen molar-refractivity contribution in [3.8, 4) is 11.5 Å². The van der Waals surface area contributed by atoms with Crippen LogP contribution in [-0.4, -0.2) is 58.0 Å². The molecule has 0 spiro atoms. The second-order valence-corrected chi connectivity index (χ2v) is 11.9. The first-order valence-electron chi connectivity index (χ1n) is 13.7. The Morgan fingerprint density at radius 3 is 2.05 bits per heavy atom. The number of halogens is 1. The average Bonchev–Trinajstić information content (AvgIpc) is 2.98. The minimum Gasteiger partial charge on any atom is -0.497 e. The first kappa shape index (κ1) is 32.4. The largest absolute Gasteiger partial charge is 0.497 e. The molecule has 11 heteroatoms. The van der Waals surface area contributed by atoms with Crippen LogP contribution in [0.1, 0.15) is 33.3 Å². The lowest BCUT2D eigenvalue weighted by Gasteiger charge is -2.32. The number of methoxy groups -OCH3 is 1. The topological polar surface area (TPSA) is 105 Å². The molecule has 226 valence electrons. The van der Waals surface area contributed by atoms with Crippen molar-refractivity contribution in [1.29, 1.82) is 0 Å². The van der Waals surface area contributed by atoms with Crippen molar-refractivity contribution in [2.45, 2.75) is 45.2 Å². The Morgan fingerprint density at radius 2 is 1.50 bits per heavy atom. The lowest BCUT2D eigenvalue weighted by atomic mass is 10.1. The van der Waals surface area contributed by atoms with Crippen LogP contribution in [0.15, 0.2) is 77.7 Å². The summed E-state index contributed by atoms with van der Waals surface area (Å²) in [5.41, 5.74) is 0.930. The van der Waals surface area contributed by atoms with Crippen LogP contribution >= 0.6 is 0 Å². The zero-order chi connectivity index (χ0) is 30.9. The van der Waals surface area contributed by atoms with Gasteiger partial charge in [0.15, 0.2) is 0 Å². The molecule has 1 atom stereocenters. The number of anilines is 1. The third kappa shape index (κ3) is 8.45. The van der Waals surface area contributed by atoms with Gasteiger partial charge in [-0.25, -0.2) is 12.8 Å². The first-order chi connectivity index (χ1) is 20.0. The normalized spacial score (nSPS) is 12.0. The minimum absolute atomic E-state index is 0.0484. The molecule has 3 aromatic carbocycles. The number of hydrogen-bond donors (Lipinski definition) is 1. The Labute approximate surface area is 247 Å². The van der Waals surface area contributed by atoms with Crippen LogP contribution in [0.25, 0.3) is 0 Å². The zero-order valence-electron chi connectivity index (χ0n) is 24.5. The average molecular weight is 600 g/mol. The SMILES string of the molecule is CCOc1ccc(N(CC(=O)N(Cc2ccc(OC)cc2)[C@@H](C)C(=O)NCC(C)C)S(=O)(=O)c2ccc(F)cc2)cc1. The molecule has 42 heavy (non-hydrogen) atoms. The molecule has 0 saturated carbocycles. The number of hydrogen-bond acceptors (Lipinski definition) is 6. The number of rotatable bonds is 14. The number of benzene rings is 3. The van der Waals surface area contributed by atoms with Gasteiger partial charge in [-0.1, -0.05) is 26.0 Å². The van der Waals surface area contributed by atoms with Crippen molar-refractivity contribution >= 4 is 27.5 Å². The quantitative estimate of drug-likeness (QED) is 0.290. The fraction of sp³-hybridized carbons (Fsp3) is 0.355. The van der Waals surface area contributed by atoms with Crippen molar-refractivity contribution < 1.29 is 31.9 Å². The first-order valence-corrected chi connectivity index (χ1v) is 15.1. The van der Waals surface area contributed by atoms with E-state index in [-0.39, 0.29) is 29.0 Å². The number of nitrogens with zero attached hydrogens (tertiary/aromatic N) is 2. The second kappa shape index (κ2) is 14.7. The number of carbonyl (C=O) groups is 2. The van der Waals surface area contributed by atoms with E-state index in [1.807, 2.05) is 20.8 Å². The molecule has 0 unspecified atom stereocenters. The molecule has 0 aromatic heterocycles. The molecule has 9 nitrogen and oxygen atoms in total. The molecule has 0 fully saturated rings. The van der Waals surface area contributed by atoms with Gasteiger partial charge >= 0.3 is 0 Å². The van der Waals surface area contributed by atoms with Gasteiger partial charge < -0.3 is 19.7 Å². The van der Waals surface area contributed by atoms with Crippen molar-refractivity contribution in [1.82, 2.24) is 10.2 Å². The summed E-state index contributed by atoms with van der Waals surface area (Å²) in [5, 5.41) is 2.85. The lowest BCUT2D eigenvalue weighted by molar-refractivity contribution is -0.139. The van der Waals surface area contributed by atoms with Crippen molar-refractivity contribution in [3.05, 3.63) is 84.2 Å². The third-order valence-electron chi connectivity index (χ3n) is 6.48. The Balaban J connectivity index is 2.01. The van der Waals surface area contributed by atoms with Crippen molar-refractivity contribution in [2.24, 2.45) is 5.92 Å². The highest BCUT2D eigenvalue weighted by Gasteiger charge is 2.32. The van der Waals surface area contributed by atoms with Crippen molar-refractivity contribution in [3.63, 3.8) is 0 Å². The van der Waals surface area contributed by atoms with Gasteiger partial charge in [-0.05, 0) is 86.0 Å². The number of sulfonamides is 1. The van der Waals surface area contributed by atoms with E-state index in [1.54, 1.807) is 50.4 Å². The van der Waals surface area contributed by atoms with Gasteiger partial charge in [0.1, 0.15) is 29.9 Å². The van der Waals surface area contributed by atoms with E-state index in [0.717, 1.165) is 34.1 Å². The molecule has 0 bridgehead atoms. The summed E-state index contributed by atoms with van der Waals surface area (Å²) >= 11 is 0. The molecule has 3 rings (SSSR count). The maximum Gasteiger partial charge on any atom is 0.264 e. The van der Waals surface area contributed by atoms with E-state index in [4.69, 9.17) is 9.47 Å². The van der Waals surface area contributed by atoms with Crippen LogP contribution in [0.4, 0.5) is 10.1 Å². The number of nitrogens with one attached hydrogen (secondary N) is 1. The smallest absolute Gasteiger partial charge is 0.264 e. The van der Waals surface area contributed by atoms with Crippen LogP contribution in [0.3, 0.4) is 0 Å². The summed E-state index contributed by atoms with van der Waals surface area (Å²) in [4.78, 5) is 28.2. The van der Waals surface area contributed by atoms with E-state index in [0.29, 0.717) is 24.7 Å². The summed E-state index contributed by atoms with van der Waals surface area (Å²) in [6.07, 6.45) is 0. The van der Waals surface area contributed by atoms with Gasteiger partial charge in [-0.2, -0.15) is 0 Å². The van der Waals surface area contributed by atoms with Gasteiger partial charge in [0, 0.05) is 13.1 Å². The zero-order valence-corrected chi connectivity index (χ0v) is 25.4. The van der Waals surface area contributed by atoms with Gasteiger partial charge in [-0.3, -0.25) is 13.9 Å². The molecule has 0 saturated heterocycles. The summed E-state index contributed by atoms with van der Waals surface area (Å²) in [7, 11) is -2.77. The van der Waals surface area contributed by atoms with Crippen LogP contribution in [0.5, 0.6) is 11.5 Å². The molecule has 2 amide bonds. The second-order valence-electron chi connectivity index (χ2n) is 10.1. The molecular formula is C31H38FN3O6S. The molecule has 0 aliphatic carbocycles. The predicted octanol–water partition coefficient (Wildman–Crippen LogP) is 4.62. The standard InChI is InChI=1S/C31H38FN3O6S/c1-6-41-28-15-11-26(12-16-28)35(42(38,39)29-17-9-25(32)10-18-29)21-30(36)34(23(4)31(37)33-19-22(2)3)20-24-7-13-27(40-5)14-8-24/h7-18,22-23H,6,19-21H2,1-5H3,(H,33,37)/t23-/m0/s1. The van der Waals surface area contributed by atoms with Crippen molar-refractivity contribution in [2.75, 3.05) is 31.1 Å². The molecule has 3 aromatic rings. The number of carbonyl (C=O) groups excluding carboxylic acids is 2. The maximum absolute atomic E-state index is 14.0.